The minimum atomic E-state index is -0.270. The number of hydrogen-bond acceptors (Lipinski definition) is 3. The van der Waals surface area contributed by atoms with Crippen LogP contribution in [0.25, 0.3) is 0 Å². The van der Waals surface area contributed by atoms with Gasteiger partial charge >= 0.3 is 6.03 Å². The molecule has 0 spiro atoms. The summed E-state index contributed by atoms with van der Waals surface area (Å²) in [5, 5.41) is 11.2. The highest BCUT2D eigenvalue weighted by atomic mass is 16.2. The molecule has 1 fully saturated rings. The van der Waals surface area contributed by atoms with E-state index in [1.165, 1.54) is 0 Å². The van der Waals surface area contributed by atoms with Crippen LogP contribution < -0.4 is 21.3 Å². The monoisotopic (exact) mass is 262 g/mol. The minimum Gasteiger partial charge on any atom is -0.341 e. The Balaban J connectivity index is 1.91. The third kappa shape index (κ3) is 3.69. The normalized spacial score (nSPS) is 17.8. The number of carbonyl (C=O) groups is 2. The van der Waals surface area contributed by atoms with Crippen molar-refractivity contribution in [3.05, 3.63) is 24.3 Å². The molecule has 0 aliphatic carbocycles. The smallest absolute Gasteiger partial charge is 0.318 e. The molecule has 1 aliphatic heterocycles. The van der Waals surface area contributed by atoms with Crippen molar-refractivity contribution in [2.75, 3.05) is 30.8 Å². The van der Waals surface area contributed by atoms with E-state index in [1.54, 1.807) is 31.3 Å². The summed E-state index contributed by atoms with van der Waals surface area (Å²) in [7, 11) is 1.56. The maximum absolute atomic E-state index is 11.9. The van der Waals surface area contributed by atoms with Crippen molar-refractivity contribution in [3.8, 4) is 0 Å². The molecule has 0 aromatic heterocycles. The number of nitrogens with one attached hydrogen (secondary N) is 4. The fourth-order valence-electron chi connectivity index (χ4n) is 1.95. The largest absolute Gasteiger partial charge is 0.341 e. The third-order valence-corrected chi connectivity index (χ3v) is 3.07. The highest BCUT2D eigenvalue weighted by molar-refractivity contribution is 5.93. The van der Waals surface area contributed by atoms with Crippen LogP contribution in [-0.4, -0.2) is 32.1 Å². The molecule has 1 aromatic carbocycles. The van der Waals surface area contributed by atoms with E-state index in [0.29, 0.717) is 5.69 Å². The van der Waals surface area contributed by atoms with E-state index in [0.717, 1.165) is 25.2 Å². The van der Waals surface area contributed by atoms with Crippen LogP contribution in [0.5, 0.6) is 0 Å². The van der Waals surface area contributed by atoms with Crippen molar-refractivity contribution in [2.24, 2.45) is 5.92 Å². The predicted molar refractivity (Wildman–Crippen MR) is 74.1 cm³/mol. The summed E-state index contributed by atoms with van der Waals surface area (Å²) in [5.74, 6) is 0.0840. The Hall–Kier alpha value is -2.08. The van der Waals surface area contributed by atoms with E-state index < -0.39 is 0 Å². The molecule has 6 nitrogen and oxygen atoms in total. The molecule has 1 aromatic rings. The van der Waals surface area contributed by atoms with Gasteiger partial charge in [0.15, 0.2) is 0 Å². The molecule has 1 heterocycles. The average molecular weight is 262 g/mol. The average Bonchev–Trinajstić information content (AvgIpc) is 2.95. The fraction of sp³-hybridized carbons (Fsp3) is 0.385. The first kappa shape index (κ1) is 13.4. The molecule has 1 aliphatic rings. The first-order valence-corrected chi connectivity index (χ1v) is 6.29. The van der Waals surface area contributed by atoms with Gasteiger partial charge in [0.25, 0.3) is 0 Å². The van der Waals surface area contributed by atoms with Gasteiger partial charge in [0.1, 0.15) is 0 Å². The number of anilines is 2. The van der Waals surface area contributed by atoms with Crippen LogP contribution in [0.1, 0.15) is 6.42 Å². The Morgan fingerprint density at radius 1 is 1.16 bits per heavy atom. The van der Waals surface area contributed by atoms with Gasteiger partial charge in [-0.1, -0.05) is 0 Å². The Morgan fingerprint density at radius 2 is 1.79 bits per heavy atom. The Bertz CT molecular complexity index is 452. The molecule has 6 heteroatoms. The summed E-state index contributed by atoms with van der Waals surface area (Å²) in [5.41, 5.74) is 1.42. The van der Waals surface area contributed by atoms with Crippen molar-refractivity contribution >= 4 is 23.3 Å². The third-order valence-electron chi connectivity index (χ3n) is 3.07. The molecule has 0 radical (unpaired) electrons. The summed E-state index contributed by atoms with van der Waals surface area (Å²) in [6.45, 7) is 1.63. The molecule has 19 heavy (non-hydrogen) atoms. The molecule has 102 valence electrons. The van der Waals surface area contributed by atoms with Crippen LogP contribution in [0.15, 0.2) is 24.3 Å². The lowest BCUT2D eigenvalue weighted by molar-refractivity contribution is -0.119. The lowest BCUT2D eigenvalue weighted by Crippen LogP contribution is -2.25. The zero-order valence-electron chi connectivity index (χ0n) is 10.8. The van der Waals surface area contributed by atoms with E-state index >= 15 is 0 Å². The number of hydrogen-bond donors (Lipinski definition) is 4. The van der Waals surface area contributed by atoms with Crippen molar-refractivity contribution < 1.29 is 9.59 Å². The molecule has 1 saturated heterocycles. The zero-order chi connectivity index (χ0) is 13.7. The van der Waals surface area contributed by atoms with Crippen molar-refractivity contribution in [1.82, 2.24) is 10.6 Å². The summed E-state index contributed by atoms with van der Waals surface area (Å²) >= 11 is 0. The first-order chi connectivity index (χ1) is 9.19. The molecule has 1 unspecified atom stereocenters. The van der Waals surface area contributed by atoms with Gasteiger partial charge in [-0.2, -0.15) is 0 Å². The quantitative estimate of drug-likeness (QED) is 0.655. The highest BCUT2D eigenvalue weighted by Gasteiger charge is 2.22. The number of benzene rings is 1. The molecule has 0 bridgehead atoms. The maximum atomic E-state index is 11.9. The predicted octanol–water partition coefficient (Wildman–Crippen LogP) is 0.986. The van der Waals surface area contributed by atoms with Gasteiger partial charge in [-0.05, 0) is 37.2 Å². The summed E-state index contributed by atoms with van der Waals surface area (Å²) in [6, 6.07) is 6.76. The van der Waals surface area contributed by atoms with E-state index in [-0.39, 0.29) is 17.9 Å². The van der Waals surface area contributed by atoms with E-state index in [9.17, 15) is 9.59 Å². The number of amides is 3. The van der Waals surface area contributed by atoms with Crippen LogP contribution in [-0.2, 0) is 4.79 Å². The van der Waals surface area contributed by atoms with Crippen LogP contribution in [0.2, 0.25) is 0 Å². The first-order valence-electron chi connectivity index (χ1n) is 6.29. The van der Waals surface area contributed by atoms with Crippen molar-refractivity contribution in [2.45, 2.75) is 6.42 Å². The van der Waals surface area contributed by atoms with Crippen LogP contribution >= 0.6 is 0 Å². The van der Waals surface area contributed by atoms with Gasteiger partial charge in [-0.3, -0.25) is 4.79 Å². The second-order valence-corrected chi connectivity index (χ2v) is 4.46. The highest BCUT2D eigenvalue weighted by Crippen LogP contribution is 2.16. The number of carbonyl (C=O) groups excluding carboxylic acids is 2. The summed E-state index contributed by atoms with van der Waals surface area (Å²) in [6.07, 6.45) is 0.877. The topological polar surface area (TPSA) is 82.3 Å². The van der Waals surface area contributed by atoms with Crippen molar-refractivity contribution in [1.29, 1.82) is 0 Å². The summed E-state index contributed by atoms with van der Waals surface area (Å²) in [4.78, 5) is 23.0. The molecular formula is C13H18N4O2. The van der Waals surface area contributed by atoms with Crippen molar-refractivity contribution in [3.63, 3.8) is 0 Å². The van der Waals surface area contributed by atoms with E-state index in [2.05, 4.69) is 21.3 Å². The molecule has 4 N–H and O–H groups in total. The Morgan fingerprint density at radius 3 is 2.32 bits per heavy atom. The van der Waals surface area contributed by atoms with Gasteiger partial charge in [-0.25, -0.2) is 4.79 Å². The van der Waals surface area contributed by atoms with Gasteiger partial charge in [0, 0.05) is 25.0 Å². The SMILES string of the molecule is CNC(=O)Nc1ccc(NC(=O)C2CCNC2)cc1. The van der Waals surface area contributed by atoms with E-state index in [1.807, 2.05) is 0 Å². The second-order valence-electron chi connectivity index (χ2n) is 4.46. The summed E-state index contributed by atoms with van der Waals surface area (Å²) < 4.78 is 0. The van der Waals surface area contributed by atoms with Gasteiger partial charge in [0.05, 0.1) is 5.92 Å². The second kappa shape index (κ2) is 6.19. The maximum Gasteiger partial charge on any atom is 0.318 e. The number of rotatable bonds is 3. The Kier molecular flexibility index (Phi) is 4.35. The molecule has 2 rings (SSSR count). The molecule has 0 saturated carbocycles. The van der Waals surface area contributed by atoms with Crippen LogP contribution in [0, 0.1) is 5.92 Å². The minimum absolute atomic E-state index is 0.0389. The van der Waals surface area contributed by atoms with E-state index in [4.69, 9.17) is 0 Å². The molecule has 3 amide bonds. The molecular weight excluding hydrogens is 244 g/mol. The molecule has 1 atom stereocenters. The van der Waals surface area contributed by atoms with Gasteiger partial charge < -0.3 is 21.3 Å². The van der Waals surface area contributed by atoms with Crippen LogP contribution in [0.3, 0.4) is 0 Å². The standard InChI is InChI=1S/C13H18N4O2/c1-14-13(19)17-11-4-2-10(3-5-11)16-12(18)9-6-7-15-8-9/h2-5,9,15H,6-8H2,1H3,(H,16,18)(H2,14,17,19). The van der Waals surface area contributed by atoms with Crippen LogP contribution in [0.4, 0.5) is 16.2 Å². The Labute approximate surface area is 112 Å². The fourth-order valence-corrected chi connectivity index (χ4v) is 1.95. The lowest BCUT2D eigenvalue weighted by atomic mass is 10.1. The zero-order valence-corrected chi connectivity index (χ0v) is 10.8. The van der Waals surface area contributed by atoms with Gasteiger partial charge in [0.2, 0.25) is 5.91 Å². The van der Waals surface area contributed by atoms with Gasteiger partial charge in [-0.15, -0.1) is 0 Å². The lowest BCUT2D eigenvalue weighted by Gasteiger charge is -2.10. The number of urea groups is 1.